The van der Waals surface area contributed by atoms with Crippen molar-refractivity contribution in [3.63, 3.8) is 0 Å². The highest BCUT2D eigenvalue weighted by molar-refractivity contribution is 7.89. The summed E-state index contributed by atoms with van der Waals surface area (Å²) in [7, 11) is 0.474. The fraction of sp³-hybridized carbons (Fsp3) is 0.643. The topological polar surface area (TPSA) is 65.5 Å². The average molecular weight is 312 g/mol. The molecule has 1 saturated heterocycles. The zero-order valence-electron chi connectivity index (χ0n) is 13.1. The molecular weight excluding hydrogens is 288 g/mol. The molecular formula is C14H24N4O2S. The van der Waals surface area contributed by atoms with Gasteiger partial charge in [0.15, 0.2) is 0 Å². The number of anilines is 1. The zero-order chi connectivity index (χ0) is 15.6. The van der Waals surface area contributed by atoms with E-state index in [2.05, 4.69) is 22.1 Å². The standard InChI is InChI=1S/C14H24N4O2S/c1-5-16-12-6-7-15-8-14(12)21(19,20)18-9-11(2)13(10-18)17(3)4/h6-8,11,13H,5,9-10H2,1-4H3,(H,15,16). The van der Waals surface area contributed by atoms with Gasteiger partial charge in [0.2, 0.25) is 10.0 Å². The third kappa shape index (κ3) is 3.20. The van der Waals surface area contributed by atoms with Crippen molar-refractivity contribution in [2.75, 3.05) is 39.0 Å². The second-order valence-corrected chi connectivity index (χ2v) is 7.64. The third-order valence-corrected chi connectivity index (χ3v) is 5.83. The van der Waals surface area contributed by atoms with Gasteiger partial charge in [-0.3, -0.25) is 4.98 Å². The summed E-state index contributed by atoms with van der Waals surface area (Å²) in [6.07, 6.45) is 3.03. The van der Waals surface area contributed by atoms with E-state index in [4.69, 9.17) is 0 Å². The van der Waals surface area contributed by atoms with Crippen LogP contribution in [-0.4, -0.2) is 62.4 Å². The molecule has 2 unspecified atom stereocenters. The van der Waals surface area contributed by atoms with Gasteiger partial charge in [0.1, 0.15) is 4.90 Å². The molecule has 6 nitrogen and oxygen atoms in total. The molecule has 2 heterocycles. The molecule has 7 heteroatoms. The number of sulfonamides is 1. The summed E-state index contributed by atoms with van der Waals surface area (Å²) >= 11 is 0. The monoisotopic (exact) mass is 312 g/mol. The van der Waals surface area contributed by atoms with E-state index < -0.39 is 10.0 Å². The number of hydrogen-bond acceptors (Lipinski definition) is 5. The summed E-state index contributed by atoms with van der Waals surface area (Å²) in [6.45, 7) is 5.78. The fourth-order valence-corrected chi connectivity index (χ4v) is 4.51. The molecule has 0 spiro atoms. The van der Waals surface area contributed by atoms with Crippen molar-refractivity contribution in [2.24, 2.45) is 5.92 Å². The van der Waals surface area contributed by atoms with Gasteiger partial charge in [-0.2, -0.15) is 4.31 Å². The molecule has 1 aliphatic rings. The van der Waals surface area contributed by atoms with Crippen molar-refractivity contribution in [2.45, 2.75) is 24.8 Å². The van der Waals surface area contributed by atoms with E-state index in [1.54, 1.807) is 16.6 Å². The summed E-state index contributed by atoms with van der Waals surface area (Å²) in [5.41, 5.74) is 0.619. The molecule has 1 N–H and O–H groups in total. The Bertz CT molecular complexity index is 588. The second kappa shape index (κ2) is 6.29. The van der Waals surface area contributed by atoms with E-state index in [-0.39, 0.29) is 10.9 Å². The first-order valence-electron chi connectivity index (χ1n) is 7.22. The molecule has 1 aromatic rings. The maximum absolute atomic E-state index is 12.9. The van der Waals surface area contributed by atoms with Crippen molar-refractivity contribution in [3.05, 3.63) is 18.5 Å². The number of pyridine rings is 1. The molecule has 1 aromatic heterocycles. The SMILES string of the molecule is CCNc1ccncc1S(=O)(=O)N1CC(C)C(N(C)C)C1. The van der Waals surface area contributed by atoms with Crippen LogP contribution in [0.25, 0.3) is 0 Å². The van der Waals surface area contributed by atoms with Gasteiger partial charge in [-0.05, 0) is 33.0 Å². The molecule has 21 heavy (non-hydrogen) atoms. The maximum atomic E-state index is 12.9. The Labute approximate surface area is 127 Å². The van der Waals surface area contributed by atoms with Crippen molar-refractivity contribution >= 4 is 15.7 Å². The first-order chi connectivity index (χ1) is 9.87. The number of aromatic nitrogens is 1. The third-order valence-electron chi connectivity index (χ3n) is 3.97. The lowest BCUT2D eigenvalue weighted by molar-refractivity contribution is 0.263. The maximum Gasteiger partial charge on any atom is 0.246 e. The molecule has 0 saturated carbocycles. The first kappa shape index (κ1) is 16.2. The largest absolute Gasteiger partial charge is 0.384 e. The molecule has 2 atom stereocenters. The summed E-state index contributed by atoms with van der Waals surface area (Å²) in [4.78, 5) is 6.34. The van der Waals surface area contributed by atoms with Crippen LogP contribution in [0.15, 0.2) is 23.4 Å². The minimum atomic E-state index is -3.51. The highest BCUT2D eigenvalue weighted by Crippen LogP contribution is 2.29. The number of hydrogen-bond donors (Lipinski definition) is 1. The number of nitrogens with one attached hydrogen (secondary N) is 1. The Hall–Kier alpha value is -1.18. The van der Waals surface area contributed by atoms with Crippen molar-refractivity contribution < 1.29 is 8.42 Å². The second-order valence-electron chi connectivity index (χ2n) is 5.73. The molecule has 0 aliphatic carbocycles. The summed E-state index contributed by atoms with van der Waals surface area (Å²) < 4.78 is 27.3. The Kier molecular flexibility index (Phi) is 4.85. The van der Waals surface area contributed by atoms with Gasteiger partial charge >= 0.3 is 0 Å². The van der Waals surface area contributed by atoms with Crippen LogP contribution in [0.1, 0.15) is 13.8 Å². The van der Waals surface area contributed by atoms with E-state index >= 15 is 0 Å². The predicted molar refractivity (Wildman–Crippen MR) is 83.8 cm³/mol. The Balaban J connectivity index is 2.31. The summed E-state index contributed by atoms with van der Waals surface area (Å²) in [5, 5.41) is 3.09. The van der Waals surface area contributed by atoms with Crippen molar-refractivity contribution in [3.8, 4) is 0 Å². The Morgan fingerprint density at radius 1 is 1.43 bits per heavy atom. The molecule has 1 aliphatic heterocycles. The van der Waals surface area contributed by atoms with Crippen LogP contribution in [-0.2, 0) is 10.0 Å². The van der Waals surface area contributed by atoms with Crippen molar-refractivity contribution in [1.82, 2.24) is 14.2 Å². The van der Waals surface area contributed by atoms with Gasteiger partial charge in [-0.15, -0.1) is 0 Å². The normalized spacial score (nSPS) is 23.7. The summed E-state index contributed by atoms with van der Waals surface area (Å²) in [6, 6.07) is 1.96. The van der Waals surface area contributed by atoms with Crippen molar-refractivity contribution in [1.29, 1.82) is 0 Å². The number of rotatable bonds is 5. The van der Waals surface area contributed by atoms with Gasteiger partial charge in [0.05, 0.1) is 5.69 Å². The zero-order valence-corrected chi connectivity index (χ0v) is 13.9. The van der Waals surface area contributed by atoms with E-state index in [1.807, 2.05) is 21.0 Å². The van der Waals surface area contributed by atoms with E-state index in [9.17, 15) is 8.42 Å². The highest BCUT2D eigenvalue weighted by Gasteiger charge is 2.39. The number of nitrogens with zero attached hydrogens (tertiary/aromatic N) is 3. The number of likely N-dealkylation sites (N-methyl/N-ethyl adjacent to an activating group) is 1. The molecule has 2 rings (SSSR count). The van der Waals surface area contributed by atoms with Gasteiger partial charge in [0, 0.05) is 38.1 Å². The Morgan fingerprint density at radius 3 is 2.71 bits per heavy atom. The molecule has 0 radical (unpaired) electrons. The van der Waals surface area contributed by atoms with Crippen LogP contribution in [0.5, 0.6) is 0 Å². The van der Waals surface area contributed by atoms with Crippen LogP contribution in [0.2, 0.25) is 0 Å². The van der Waals surface area contributed by atoms with Crippen LogP contribution in [0.3, 0.4) is 0 Å². The molecule has 0 aromatic carbocycles. The summed E-state index contributed by atoms with van der Waals surface area (Å²) in [5.74, 6) is 0.314. The van der Waals surface area contributed by atoms with Crippen LogP contribution in [0.4, 0.5) is 5.69 Å². The molecule has 118 valence electrons. The predicted octanol–water partition coefficient (Wildman–Crippen LogP) is 1.08. The van der Waals surface area contributed by atoms with Gasteiger partial charge in [-0.1, -0.05) is 6.92 Å². The highest BCUT2D eigenvalue weighted by atomic mass is 32.2. The van der Waals surface area contributed by atoms with E-state index in [0.717, 1.165) is 0 Å². The van der Waals surface area contributed by atoms with Gasteiger partial charge in [-0.25, -0.2) is 8.42 Å². The lowest BCUT2D eigenvalue weighted by Gasteiger charge is -2.22. The smallest absolute Gasteiger partial charge is 0.246 e. The molecule has 0 bridgehead atoms. The van der Waals surface area contributed by atoms with Crippen LogP contribution < -0.4 is 5.32 Å². The molecule has 1 fully saturated rings. The van der Waals surface area contributed by atoms with E-state index in [1.165, 1.54) is 6.20 Å². The first-order valence-corrected chi connectivity index (χ1v) is 8.66. The van der Waals surface area contributed by atoms with Gasteiger partial charge in [0.25, 0.3) is 0 Å². The van der Waals surface area contributed by atoms with E-state index in [0.29, 0.717) is 31.2 Å². The minimum absolute atomic E-state index is 0.249. The van der Waals surface area contributed by atoms with Gasteiger partial charge < -0.3 is 10.2 Å². The fourth-order valence-electron chi connectivity index (χ4n) is 2.84. The lowest BCUT2D eigenvalue weighted by Crippen LogP contribution is -2.36. The lowest BCUT2D eigenvalue weighted by atomic mass is 10.1. The average Bonchev–Trinajstić information content (AvgIpc) is 2.82. The minimum Gasteiger partial charge on any atom is -0.384 e. The quantitative estimate of drug-likeness (QED) is 0.881. The van der Waals surface area contributed by atoms with Crippen LogP contribution >= 0.6 is 0 Å². The Morgan fingerprint density at radius 2 is 2.14 bits per heavy atom. The van der Waals surface area contributed by atoms with Crippen LogP contribution in [0, 0.1) is 5.92 Å². The molecule has 0 amide bonds.